The van der Waals surface area contributed by atoms with Gasteiger partial charge in [-0.25, -0.2) is 4.79 Å². The summed E-state index contributed by atoms with van der Waals surface area (Å²) in [5, 5.41) is 14.5. The second-order valence-electron chi connectivity index (χ2n) is 5.09. The van der Waals surface area contributed by atoms with Crippen LogP contribution in [0.15, 0.2) is 24.5 Å². The molecule has 1 aromatic heterocycles. The van der Waals surface area contributed by atoms with Gasteiger partial charge in [-0.15, -0.1) is 5.10 Å². The Hall–Kier alpha value is -1.79. The van der Waals surface area contributed by atoms with Gasteiger partial charge in [0.25, 0.3) is 0 Å². The first kappa shape index (κ1) is 15.1. The number of hydrogen-bond donors (Lipinski definition) is 2. The van der Waals surface area contributed by atoms with Crippen LogP contribution in [0.3, 0.4) is 0 Å². The van der Waals surface area contributed by atoms with Gasteiger partial charge >= 0.3 is 6.03 Å². The number of benzene rings is 1. The Balaban J connectivity index is 1.54. The molecule has 0 radical (unpaired) electrons. The van der Waals surface area contributed by atoms with E-state index >= 15 is 0 Å². The molecule has 8 heteroatoms. The third kappa shape index (κ3) is 3.18. The van der Waals surface area contributed by atoms with Gasteiger partial charge in [0.05, 0.1) is 28.8 Å². The zero-order valence-corrected chi connectivity index (χ0v) is 13.2. The lowest BCUT2D eigenvalue weighted by atomic mass is 10.1. The molecule has 3 rings (SSSR count). The van der Waals surface area contributed by atoms with Gasteiger partial charge in [0.1, 0.15) is 0 Å². The summed E-state index contributed by atoms with van der Waals surface area (Å²) in [6.45, 7) is 1.06. The minimum Gasteiger partial charge on any atom is -0.336 e. The van der Waals surface area contributed by atoms with Crippen molar-refractivity contribution in [1.29, 1.82) is 0 Å². The van der Waals surface area contributed by atoms with Crippen molar-refractivity contribution >= 4 is 29.2 Å². The summed E-state index contributed by atoms with van der Waals surface area (Å²) in [5.74, 6) is 0. The average molecular weight is 340 g/mol. The van der Waals surface area contributed by atoms with Crippen LogP contribution < -0.4 is 10.6 Å². The van der Waals surface area contributed by atoms with Crippen molar-refractivity contribution in [3.05, 3.63) is 45.7 Å². The monoisotopic (exact) mass is 339 g/mol. The third-order valence-electron chi connectivity index (χ3n) is 3.69. The Morgan fingerprint density at radius 2 is 2.27 bits per heavy atom. The molecular weight excluding hydrogens is 325 g/mol. The number of nitrogens with zero attached hydrogens (tertiary/aromatic N) is 3. The first-order chi connectivity index (χ1) is 10.6. The number of carbonyl (C=O) groups is 1. The van der Waals surface area contributed by atoms with Crippen LogP contribution in [0, 0.1) is 0 Å². The molecule has 116 valence electrons. The van der Waals surface area contributed by atoms with Gasteiger partial charge in [-0.2, -0.15) is 0 Å². The topological polar surface area (TPSA) is 71.8 Å². The number of urea groups is 1. The Labute approximate surface area is 137 Å². The Bertz CT molecular complexity index is 674. The predicted octanol–water partition coefficient (Wildman–Crippen LogP) is 2.57. The van der Waals surface area contributed by atoms with E-state index in [1.807, 2.05) is 6.07 Å². The summed E-state index contributed by atoms with van der Waals surface area (Å²) in [6.07, 6.45) is 4.99. The van der Waals surface area contributed by atoms with Gasteiger partial charge in [0.15, 0.2) is 0 Å². The van der Waals surface area contributed by atoms with Crippen LogP contribution in [-0.4, -0.2) is 27.6 Å². The summed E-state index contributed by atoms with van der Waals surface area (Å²) in [6, 6.07) is 3.46. The lowest BCUT2D eigenvalue weighted by molar-refractivity contribution is 0.236. The van der Waals surface area contributed by atoms with Gasteiger partial charge < -0.3 is 10.6 Å². The van der Waals surface area contributed by atoms with Crippen molar-refractivity contribution in [2.45, 2.75) is 25.4 Å². The van der Waals surface area contributed by atoms with E-state index in [9.17, 15) is 4.79 Å². The molecule has 0 aliphatic heterocycles. The fraction of sp³-hybridized carbons (Fsp3) is 0.357. The first-order valence-electron chi connectivity index (χ1n) is 7.00. The van der Waals surface area contributed by atoms with Crippen molar-refractivity contribution in [1.82, 2.24) is 25.6 Å². The number of carbonyl (C=O) groups excluding carboxylic acids is 1. The molecule has 1 heterocycles. The lowest BCUT2D eigenvalue weighted by Gasteiger charge is -2.15. The molecule has 0 bridgehead atoms. The van der Waals surface area contributed by atoms with E-state index < -0.39 is 0 Å². The van der Waals surface area contributed by atoms with Crippen LogP contribution >= 0.6 is 23.2 Å². The van der Waals surface area contributed by atoms with E-state index in [0.717, 1.165) is 24.0 Å². The van der Waals surface area contributed by atoms with Gasteiger partial charge in [0, 0.05) is 12.7 Å². The highest BCUT2D eigenvalue weighted by Gasteiger charge is 2.26. The minimum atomic E-state index is -0.205. The minimum absolute atomic E-state index is 0.0314. The number of fused-ring (bicyclic) bond motifs is 1. The molecular formula is C14H15Cl2N5O. The number of rotatable bonds is 4. The van der Waals surface area contributed by atoms with Crippen LogP contribution in [0.4, 0.5) is 4.79 Å². The second-order valence-corrected chi connectivity index (χ2v) is 5.87. The van der Waals surface area contributed by atoms with E-state index in [1.54, 1.807) is 23.1 Å². The maximum atomic E-state index is 12.0. The maximum absolute atomic E-state index is 12.0. The molecule has 2 amide bonds. The average Bonchev–Trinajstić information content (AvgIpc) is 3.13. The van der Waals surface area contributed by atoms with Crippen molar-refractivity contribution in [3.63, 3.8) is 0 Å². The third-order valence-corrected chi connectivity index (χ3v) is 4.54. The van der Waals surface area contributed by atoms with Gasteiger partial charge in [-0.3, -0.25) is 4.68 Å². The number of amides is 2. The van der Waals surface area contributed by atoms with E-state index in [2.05, 4.69) is 20.9 Å². The van der Waals surface area contributed by atoms with Crippen LogP contribution in [0.1, 0.15) is 23.6 Å². The van der Waals surface area contributed by atoms with Crippen molar-refractivity contribution in [2.24, 2.45) is 0 Å². The Morgan fingerprint density at radius 1 is 1.41 bits per heavy atom. The van der Waals surface area contributed by atoms with Crippen LogP contribution in [0.2, 0.25) is 10.0 Å². The van der Waals surface area contributed by atoms with Crippen LogP contribution in [0.5, 0.6) is 0 Å². The smallest absolute Gasteiger partial charge is 0.315 e. The molecule has 1 atom stereocenters. The SMILES string of the molecule is O=C(NCCn1ccnn1)N[C@@H]1CCc2c1ccc(Cl)c2Cl. The molecule has 0 spiro atoms. The van der Waals surface area contributed by atoms with Crippen molar-refractivity contribution in [2.75, 3.05) is 6.54 Å². The number of nitrogens with one attached hydrogen (secondary N) is 2. The fourth-order valence-electron chi connectivity index (χ4n) is 2.63. The number of halogens is 2. The molecule has 1 aromatic carbocycles. The normalized spacial score (nSPS) is 16.4. The Kier molecular flexibility index (Phi) is 4.49. The summed E-state index contributed by atoms with van der Waals surface area (Å²) < 4.78 is 1.66. The summed E-state index contributed by atoms with van der Waals surface area (Å²) >= 11 is 12.2. The first-order valence-corrected chi connectivity index (χ1v) is 7.76. The lowest BCUT2D eigenvalue weighted by Crippen LogP contribution is -2.38. The zero-order valence-electron chi connectivity index (χ0n) is 11.7. The summed E-state index contributed by atoms with van der Waals surface area (Å²) in [4.78, 5) is 12.0. The highest BCUT2D eigenvalue weighted by atomic mass is 35.5. The quantitative estimate of drug-likeness (QED) is 0.899. The van der Waals surface area contributed by atoms with E-state index in [4.69, 9.17) is 23.2 Å². The molecule has 1 aliphatic rings. The molecule has 0 saturated carbocycles. The molecule has 0 unspecified atom stereocenters. The molecule has 2 N–H and O–H groups in total. The van der Waals surface area contributed by atoms with Gasteiger partial charge in [0.2, 0.25) is 0 Å². The van der Waals surface area contributed by atoms with Crippen molar-refractivity contribution in [3.8, 4) is 0 Å². The van der Waals surface area contributed by atoms with Gasteiger partial charge in [-0.1, -0.05) is 34.5 Å². The molecule has 1 aliphatic carbocycles. The molecule has 2 aromatic rings. The summed E-state index contributed by atoms with van der Waals surface area (Å²) in [7, 11) is 0. The fourth-order valence-corrected chi connectivity index (χ4v) is 3.07. The molecule has 6 nitrogen and oxygen atoms in total. The Morgan fingerprint density at radius 3 is 3.05 bits per heavy atom. The number of aromatic nitrogens is 3. The predicted molar refractivity (Wildman–Crippen MR) is 84.1 cm³/mol. The second kappa shape index (κ2) is 6.54. The largest absolute Gasteiger partial charge is 0.336 e. The highest BCUT2D eigenvalue weighted by molar-refractivity contribution is 6.42. The van der Waals surface area contributed by atoms with Crippen molar-refractivity contribution < 1.29 is 4.79 Å². The molecule has 0 saturated heterocycles. The molecule has 22 heavy (non-hydrogen) atoms. The van der Waals surface area contributed by atoms with E-state index in [1.165, 1.54) is 0 Å². The van der Waals surface area contributed by atoms with Gasteiger partial charge in [-0.05, 0) is 30.0 Å². The molecule has 0 fully saturated rings. The standard InChI is InChI=1S/C14H15Cl2N5O/c15-11-3-1-9-10(13(11)16)2-4-12(9)19-14(22)17-5-7-21-8-6-18-20-21/h1,3,6,8,12H,2,4-5,7H2,(H2,17,19,22)/t12-/m1/s1. The van der Waals surface area contributed by atoms with E-state index in [0.29, 0.717) is 23.1 Å². The van der Waals surface area contributed by atoms with Crippen LogP contribution in [0.25, 0.3) is 0 Å². The summed E-state index contributed by atoms with van der Waals surface area (Å²) in [5.41, 5.74) is 2.07. The maximum Gasteiger partial charge on any atom is 0.315 e. The highest BCUT2D eigenvalue weighted by Crippen LogP contribution is 2.38. The van der Waals surface area contributed by atoms with E-state index in [-0.39, 0.29) is 12.1 Å². The van der Waals surface area contributed by atoms with Crippen LogP contribution in [-0.2, 0) is 13.0 Å². The zero-order chi connectivity index (χ0) is 15.5. The number of hydrogen-bond acceptors (Lipinski definition) is 3.